The first-order chi connectivity index (χ1) is 16.5. The third kappa shape index (κ3) is 4.68. The molecule has 2 aliphatic rings. The van der Waals surface area contributed by atoms with Gasteiger partial charge < -0.3 is 15.5 Å². The molecule has 3 aromatic carbocycles. The molecule has 2 atom stereocenters. The molecule has 2 N–H and O–H groups in total. The van der Waals surface area contributed by atoms with E-state index in [1.54, 1.807) is 13.0 Å². The zero-order valence-electron chi connectivity index (χ0n) is 19.4. The molecular weight excluding hydrogens is 429 g/mol. The normalized spacial score (nSPS) is 20.2. The Balaban J connectivity index is 1.37. The standard InChI is InChI=1S/C28H30FN3O2/c1-18-9-10-21(29)15-24(18)27(33)31-26-13-14-30-16-25(26)28(34)32(22-11-12-22)17-20-7-4-6-19-5-2-3-8-23(19)20/h2-10,15,22,25-26,30H,11-14,16-17H2,1H3,(H,31,33). The fraction of sp³-hybridized carbons (Fsp3) is 0.357. The fourth-order valence-electron chi connectivity index (χ4n) is 4.98. The highest BCUT2D eigenvalue weighted by Gasteiger charge is 2.40. The minimum atomic E-state index is -0.441. The van der Waals surface area contributed by atoms with Crippen LogP contribution in [-0.4, -0.2) is 41.9 Å². The molecule has 6 heteroatoms. The summed E-state index contributed by atoms with van der Waals surface area (Å²) in [4.78, 5) is 28.8. The lowest BCUT2D eigenvalue weighted by molar-refractivity contribution is -0.138. The van der Waals surface area contributed by atoms with Crippen LogP contribution in [0.15, 0.2) is 60.7 Å². The molecule has 5 rings (SSSR count). The lowest BCUT2D eigenvalue weighted by atomic mass is 9.91. The number of carbonyl (C=O) groups excluding carboxylic acids is 2. The maximum atomic E-state index is 13.8. The van der Waals surface area contributed by atoms with E-state index >= 15 is 0 Å². The van der Waals surface area contributed by atoms with Crippen LogP contribution >= 0.6 is 0 Å². The number of hydrogen-bond donors (Lipinski definition) is 2. The van der Waals surface area contributed by atoms with Crippen LogP contribution in [0, 0.1) is 18.7 Å². The van der Waals surface area contributed by atoms with Crippen LogP contribution in [0.5, 0.6) is 0 Å². The van der Waals surface area contributed by atoms with Gasteiger partial charge in [-0.2, -0.15) is 0 Å². The second kappa shape index (κ2) is 9.55. The highest BCUT2D eigenvalue weighted by Crippen LogP contribution is 2.32. The van der Waals surface area contributed by atoms with Crippen molar-refractivity contribution in [3.8, 4) is 0 Å². The number of rotatable bonds is 6. The first kappa shape index (κ1) is 22.5. The SMILES string of the molecule is Cc1ccc(F)cc1C(=O)NC1CCNCC1C(=O)N(Cc1cccc2ccccc12)C1CC1. The maximum Gasteiger partial charge on any atom is 0.251 e. The van der Waals surface area contributed by atoms with Crippen LogP contribution in [-0.2, 0) is 11.3 Å². The van der Waals surface area contributed by atoms with E-state index in [2.05, 4.69) is 34.9 Å². The Morgan fingerprint density at radius 3 is 2.68 bits per heavy atom. The number of nitrogens with zero attached hydrogens (tertiary/aromatic N) is 1. The minimum Gasteiger partial charge on any atom is -0.348 e. The number of fused-ring (bicyclic) bond motifs is 1. The Kier molecular flexibility index (Phi) is 6.33. The van der Waals surface area contributed by atoms with E-state index in [0.717, 1.165) is 35.7 Å². The number of benzene rings is 3. The molecule has 1 saturated carbocycles. The van der Waals surface area contributed by atoms with Crippen molar-refractivity contribution in [1.29, 1.82) is 0 Å². The molecule has 0 radical (unpaired) electrons. The van der Waals surface area contributed by atoms with Gasteiger partial charge in [-0.15, -0.1) is 0 Å². The smallest absolute Gasteiger partial charge is 0.251 e. The molecule has 176 valence electrons. The summed E-state index contributed by atoms with van der Waals surface area (Å²) in [6, 6.07) is 18.6. The zero-order valence-corrected chi connectivity index (χ0v) is 19.4. The van der Waals surface area contributed by atoms with Crippen LogP contribution in [0.2, 0.25) is 0 Å². The van der Waals surface area contributed by atoms with Gasteiger partial charge in [0.2, 0.25) is 5.91 Å². The summed E-state index contributed by atoms with van der Waals surface area (Å²) in [6.45, 7) is 3.59. The summed E-state index contributed by atoms with van der Waals surface area (Å²) < 4.78 is 13.8. The lowest BCUT2D eigenvalue weighted by Gasteiger charge is -2.36. The summed E-state index contributed by atoms with van der Waals surface area (Å²) in [7, 11) is 0. The van der Waals surface area contributed by atoms with Crippen molar-refractivity contribution in [2.75, 3.05) is 13.1 Å². The predicted octanol–water partition coefficient (Wildman–Crippen LogP) is 4.19. The molecular formula is C28H30FN3O2. The monoisotopic (exact) mass is 459 g/mol. The largest absolute Gasteiger partial charge is 0.348 e. The maximum absolute atomic E-state index is 13.8. The number of piperidine rings is 1. The van der Waals surface area contributed by atoms with Crippen LogP contribution < -0.4 is 10.6 Å². The molecule has 0 bridgehead atoms. The number of aryl methyl sites for hydroxylation is 1. The molecule has 2 fully saturated rings. The first-order valence-electron chi connectivity index (χ1n) is 12.1. The summed E-state index contributed by atoms with van der Waals surface area (Å²) in [5.74, 6) is -1.05. The average Bonchev–Trinajstić information content (AvgIpc) is 3.69. The van der Waals surface area contributed by atoms with Gasteiger partial charge >= 0.3 is 0 Å². The van der Waals surface area contributed by atoms with Gasteiger partial charge in [0.1, 0.15) is 5.82 Å². The predicted molar refractivity (Wildman–Crippen MR) is 131 cm³/mol. The Morgan fingerprint density at radius 2 is 1.85 bits per heavy atom. The van der Waals surface area contributed by atoms with E-state index < -0.39 is 5.82 Å². The third-order valence-corrected chi connectivity index (χ3v) is 7.05. The van der Waals surface area contributed by atoms with E-state index in [0.29, 0.717) is 30.6 Å². The molecule has 0 aromatic heterocycles. The molecule has 2 amide bonds. The van der Waals surface area contributed by atoms with Crippen molar-refractivity contribution in [2.24, 2.45) is 5.92 Å². The third-order valence-electron chi connectivity index (χ3n) is 7.05. The summed E-state index contributed by atoms with van der Waals surface area (Å²) >= 11 is 0. The molecule has 1 aliphatic heterocycles. The van der Waals surface area contributed by atoms with Gasteiger partial charge in [-0.3, -0.25) is 9.59 Å². The number of nitrogens with one attached hydrogen (secondary N) is 2. The van der Waals surface area contributed by atoms with Gasteiger partial charge in [0, 0.05) is 30.7 Å². The summed E-state index contributed by atoms with van der Waals surface area (Å²) in [6.07, 6.45) is 2.68. The Labute approximate surface area is 199 Å². The van der Waals surface area contributed by atoms with E-state index in [1.165, 1.54) is 12.1 Å². The average molecular weight is 460 g/mol. The number of halogens is 1. The van der Waals surface area contributed by atoms with Gasteiger partial charge in [-0.25, -0.2) is 4.39 Å². The van der Waals surface area contributed by atoms with E-state index in [-0.39, 0.29) is 29.8 Å². The van der Waals surface area contributed by atoms with Crippen LogP contribution in [0.25, 0.3) is 10.8 Å². The topological polar surface area (TPSA) is 61.4 Å². The van der Waals surface area contributed by atoms with Crippen molar-refractivity contribution < 1.29 is 14.0 Å². The zero-order chi connectivity index (χ0) is 23.7. The van der Waals surface area contributed by atoms with Gasteiger partial charge in [0.05, 0.1) is 5.92 Å². The second-order valence-electron chi connectivity index (χ2n) is 9.47. The van der Waals surface area contributed by atoms with E-state index in [1.807, 2.05) is 23.1 Å². The van der Waals surface area contributed by atoms with Gasteiger partial charge in [0.15, 0.2) is 0 Å². The van der Waals surface area contributed by atoms with Crippen molar-refractivity contribution in [3.63, 3.8) is 0 Å². The molecule has 1 heterocycles. The molecule has 34 heavy (non-hydrogen) atoms. The van der Waals surface area contributed by atoms with E-state index in [4.69, 9.17) is 0 Å². The van der Waals surface area contributed by atoms with Crippen molar-refractivity contribution in [1.82, 2.24) is 15.5 Å². The van der Waals surface area contributed by atoms with Crippen LogP contribution in [0.3, 0.4) is 0 Å². The minimum absolute atomic E-state index is 0.0731. The summed E-state index contributed by atoms with van der Waals surface area (Å²) in [5.41, 5.74) is 2.17. The Morgan fingerprint density at radius 1 is 1.06 bits per heavy atom. The highest BCUT2D eigenvalue weighted by molar-refractivity contribution is 5.96. The van der Waals surface area contributed by atoms with Crippen molar-refractivity contribution in [3.05, 3.63) is 83.2 Å². The van der Waals surface area contributed by atoms with Gasteiger partial charge in [-0.05, 0) is 66.8 Å². The first-order valence-corrected chi connectivity index (χ1v) is 12.1. The molecule has 1 aliphatic carbocycles. The summed E-state index contributed by atoms with van der Waals surface area (Å²) in [5, 5.41) is 8.71. The van der Waals surface area contributed by atoms with E-state index in [9.17, 15) is 14.0 Å². The fourth-order valence-corrected chi connectivity index (χ4v) is 4.98. The Hall–Kier alpha value is -3.25. The number of amides is 2. The van der Waals surface area contributed by atoms with Crippen molar-refractivity contribution >= 4 is 22.6 Å². The molecule has 3 aromatic rings. The van der Waals surface area contributed by atoms with Gasteiger partial charge in [0.25, 0.3) is 5.91 Å². The van der Waals surface area contributed by atoms with Crippen molar-refractivity contribution in [2.45, 2.75) is 44.8 Å². The molecule has 1 saturated heterocycles. The second-order valence-corrected chi connectivity index (χ2v) is 9.47. The molecule has 2 unspecified atom stereocenters. The van der Waals surface area contributed by atoms with Crippen LogP contribution in [0.1, 0.15) is 40.7 Å². The Bertz CT molecular complexity index is 1220. The molecule has 5 nitrogen and oxygen atoms in total. The quantitative estimate of drug-likeness (QED) is 0.581. The highest BCUT2D eigenvalue weighted by atomic mass is 19.1. The molecule has 0 spiro atoms. The van der Waals surface area contributed by atoms with Crippen LogP contribution in [0.4, 0.5) is 4.39 Å². The van der Waals surface area contributed by atoms with Gasteiger partial charge in [-0.1, -0.05) is 48.5 Å². The lowest BCUT2D eigenvalue weighted by Crippen LogP contribution is -2.55. The number of hydrogen-bond acceptors (Lipinski definition) is 3. The number of carbonyl (C=O) groups is 2.